The number of hydrogen-bond donors (Lipinski definition) is 0. The molecule has 4 nitrogen and oxygen atoms in total. The number of ether oxygens (including phenoxy) is 2. The van der Waals surface area contributed by atoms with Gasteiger partial charge in [0.15, 0.2) is 12.4 Å². The summed E-state index contributed by atoms with van der Waals surface area (Å²) in [7, 11) is 0. The summed E-state index contributed by atoms with van der Waals surface area (Å²) in [6.45, 7) is 3.22. The fraction of sp³-hybridized carbons (Fsp3) is 0.176. The fourth-order valence-electron chi connectivity index (χ4n) is 1.71. The fourth-order valence-corrected chi connectivity index (χ4v) is 1.71. The molecule has 0 unspecified atom stereocenters. The van der Waals surface area contributed by atoms with Gasteiger partial charge in [0.2, 0.25) is 0 Å². The average Bonchev–Trinajstić information content (AvgIpc) is 2.48. The molecule has 2 rings (SSSR count). The molecule has 0 N–H and O–H groups in total. The van der Waals surface area contributed by atoms with Gasteiger partial charge in [0.25, 0.3) is 0 Å². The second-order valence-corrected chi connectivity index (χ2v) is 4.66. The lowest BCUT2D eigenvalue weighted by Crippen LogP contribution is -2.17. The minimum atomic E-state index is -0.493. The molecule has 2 aromatic carbocycles. The zero-order valence-corrected chi connectivity index (χ0v) is 12.0. The molecule has 0 spiro atoms. The third-order valence-electron chi connectivity index (χ3n) is 2.85. The van der Waals surface area contributed by atoms with E-state index in [1.807, 2.05) is 19.1 Å². The second-order valence-electron chi connectivity index (χ2n) is 4.66. The monoisotopic (exact) mass is 284 g/mol. The number of carbonyl (C=O) groups is 2. The molecule has 2 aromatic rings. The summed E-state index contributed by atoms with van der Waals surface area (Å²) in [5.74, 6) is 0.394. The lowest BCUT2D eigenvalue weighted by atomic mass is 10.1. The van der Waals surface area contributed by atoms with Gasteiger partial charge >= 0.3 is 5.97 Å². The standard InChI is InChI=1S/C17H16O4/c1-12-6-8-15(9-7-12)21-17(19)11-20-16-5-3-4-14(10-16)13(2)18/h3-10H,11H2,1-2H3. The van der Waals surface area contributed by atoms with Crippen molar-refractivity contribution in [3.8, 4) is 11.5 Å². The molecule has 0 aromatic heterocycles. The number of rotatable bonds is 5. The Balaban J connectivity index is 1.90. The summed E-state index contributed by atoms with van der Waals surface area (Å²) in [5.41, 5.74) is 1.63. The SMILES string of the molecule is CC(=O)c1cccc(OCC(=O)Oc2ccc(C)cc2)c1. The quantitative estimate of drug-likeness (QED) is 0.481. The number of benzene rings is 2. The highest BCUT2D eigenvalue weighted by molar-refractivity contribution is 5.94. The molecule has 0 aliphatic rings. The predicted molar refractivity (Wildman–Crippen MR) is 78.8 cm³/mol. The van der Waals surface area contributed by atoms with E-state index in [2.05, 4.69) is 0 Å². The van der Waals surface area contributed by atoms with Crippen molar-refractivity contribution >= 4 is 11.8 Å². The Morgan fingerprint density at radius 2 is 1.71 bits per heavy atom. The molecule has 21 heavy (non-hydrogen) atoms. The molecule has 0 aliphatic heterocycles. The maximum Gasteiger partial charge on any atom is 0.349 e. The number of esters is 1. The largest absolute Gasteiger partial charge is 0.482 e. The first-order valence-corrected chi connectivity index (χ1v) is 6.56. The number of Topliss-reactive ketones (excluding diaryl/α,β-unsaturated/α-hetero) is 1. The van der Waals surface area contributed by atoms with Gasteiger partial charge in [-0.1, -0.05) is 29.8 Å². The van der Waals surface area contributed by atoms with Crippen LogP contribution in [0.2, 0.25) is 0 Å². The van der Waals surface area contributed by atoms with Gasteiger partial charge in [-0.05, 0) is 38.1 Å². The Morgan fingerprint density at radius 3 is 2.38 bits per heavy atom. The predicted octanol–water partition coefficient (Wildman–Crippen LogP) is 3.18. The second kappa shape index (κ2) is 6.70. The van der Waals surface area contributed by atoms with Crippen LogP contribution in [0.1, 0.15) is 22.8 Å². The van der Waals surface area contributed by atoms with Crippen LogP contribution in [0.15, 0.2) is 48.5 Å². The maximum atomic E-state index is 11.7. The molecule has 0 saturated heterocycles. The van der Waals surface area contributed by atoms with E-state index in [1.54, 1.807) is 36.4 Å². The minimum Gasteiger partial charge on any atom is -0.482 e. The van der Waals surface area contributed by atoms with Gasteiger partial charge in [-0.15, -0.1) is 0 Å². The van der Waals surface area contributed by atoms with Gasteiger partial charge in [-0.25, -0.2) is 4.79 Å². The Labute approximate surface area is 123 Å². The Bertz CT molecular complexity index is 644. The molecule has 0 radical (unpaired) electrons. The van der Waals surface area contributed by atoms with E-state index in [-0.39, 0.29) is 12.4 Å². The topological polar surface area (TPSA) is 52.6 Å². The van der Waals surface area contributed by atoms with Gasteiger partial charge in [-0.2, -0.15) is 0 Å². The van der Waals surface area contributed by atoms with E-state index < -0.39 is 5.97 Å². The number of ketones is 1. The van der Waals surface area contributed by atoms with Crippen LogP contribution in [-0.2, 0) is 4.79 Å². The van der Waals surface area contributed by atoms with Crippen molar-refractivity contribution in [2.24, 2.45) is 0 Å². The van der Waals surface area contributed by atoms with Crippen LogP contribution in [0.25, 0.3) is 0 Å². The van der Waals surface area contributed by atoms with Gasteiger partial charge in [0.05, 0.1) is 0 Å². The molecule has 0 fully saturated rings. The van der Waals surface area contributed by atoms with Crippen molar-refractivity contribution in [2.75, 3.05) is 6.61 Å². The molecule has 0 saturated carbocycles. The van der Waals surface area contributed by atoms with Crippen molar-refractivity contribution < 1.29 is 19.1 Å². The van der Waals surface area contributed by atoms with E-state index in [4.69, 9.17) is 9.47 Å². The first kappa shape index (κ1) is 14.8. The van der Waals surface area contributed by atoms with E-state index in [0.29, 0.717) is 17.1 Å². The van der Waals surface area contributed by atoms with Crippen molar-refractivity contribution in [2.45, 2.75) is 13.8 Å². The zero-order valence-electron chi connectivity index (χ0n) is 12.0. The molecule has 0 heterocycles. The number of carbonyl (C=O) groups excluding carboxylic acids is 2. The lowest BCUT2D eigenvalue weighted by molar-refractivity contribution is -0.136. The Kier molecular flexibility index (Phi) is 4.72. The minimum absolute atomic E-state index is 0.0531. The molecule has 0 atom stereocenters. The van der Waals surface area contributed by atoms with Crippen molar-refractivity contribution in [3.63, 3.8) is 0 Å². The van der Waals surface area contributed by atoms with E-state index in [0.717, 1.165) is 5.56 Å². The van der Waals surface area contributed by atoms with Gasteiger partial charge in [0.1, 0.15) is 11.5 Å². The Hall–Kier alpha value is -2.62. The normalized spacial score (nSPS) is 10.0. The highest BCUT2D eigenvalue weighted by Gasteiger charge is 2.07. The average molecular weight is 284 g/mol. The maximum absolute atomic E-state index is 11.7. The van der Waals surface area contributed by atoms with Crippen molar-refractivity contribution in [1.82, 2.24) is 0 Å². The highest BCUT2D eigenvalue weighted by Crippen LogP contribution is 2.15. The van der Waals surface area contributed by atoms with E-state index >= 15 is 0 Å². The number of hydrogen-bond acceptors (Lipinski definition) is 4. The van der Waals surface area contributed by atoms with Gasteiger partial charge in [-0.3, -0.25) is 4.79 Å². The zero-order chi connectivity index (χ0) is 15.2. The van der Waals surface area contributed by atoms with Crippen LogP contribution in [-0.4, -0.2) is 18.4 Å². The third-order valence-corrected chi connectivity index (χ3v) is 2.85. The van der Waals surface area contributed by atoms with Gasteiger partial charge < -0.3 is 9.47 Å². The van der Waals surface area contributed by atoms with E-state index in [9.17, 15) is 9.59 Å². The van der Waals surface area contributed by atoms with Gasteiger partial charge in [0, 0.05) is 5.56 Å². The van der Waals surface area contributed by atoms with Crippen LogP contribution in [0.4, 0.5) is 0 Å². The van der Waals surface area contributed by atoms with Crippen LogP contribution in [0.5, 0.6) is 11.5 Å². The first-order valence-electron chi connectivity index (χ1n) is 6.56. The molecule has 0 aliphatic carbocycles. The molecular formula is C17H16O4. The number of aryl methyl sites for hydroxylation is 1. The molecule has 0 bridgehead atoms. The Morgan fingerprint density at radius 1 is 1.00 bits per heavy atom. The van der Waals surface area contributed by atoms with Crippen LogP contribution < -0.4 is 9.47 Å². The van der Waals surface area contributed by atoms with Crippen LogP contribution in [0.3, 0.4) is 0 Å². The van der Waals surface area contributed by atoms with Crippen molar-refractivity contribution in [1.29, 1.82) is 0 Å². The molecule has 108 valence electrons. The summed E-state index contributed by atoms with van der Waals surface area (Å²) in [6.07, 6.45) is 0. The third kappa shape index (κ3) is 4.45. The van der Waals surface area contributed by atoms with Crippen molar-refractivity contribution in [3.05, 3.63) is 59.7 Å². The van der Waals surface area contributed by atoms with Crippen LogP contribution in [0, 0.1) is 6.92 Å². The summed E-state index contributed by atoms with van der Waals surface area (Å²) < 4.78 is 10.5. The molecular weight excluding hydrogens is 268 g/mol. The van der Waals surface area contributed by atoms with E-state index in [1.165, 1.54) is 6.92 Å². The highest BCUT2D eigenvalue weighted by atomic mass is 16.6. The van der Waals surface area contributed by atoms with Crippen LogP contribution >= 0.6 is 0 Å². The molecule has 0 amide bonds. The summed E-state index contributed by atoms with van der Waals surface area (Å²) in [6, 6.07) is 13.9. The molecule has 4 heteroatoms. The first-order chi connectivity index (χ1) is 10.0. The summed E-state index contributed by atoms with van der Waals surface area (Å²) in [4.78, 5) is 22.9. The lowest BCUT2D eigenvalue weighted by Gasteiger charge is -2.07. The summed E-state index contributed by atoms with van der Waals surface area (Å²) >= 11 is 0. The summed E-state index contributed by atoms with van der Waals surface area (Å²) in [5, 5.41) is 0. The smallest absolute Gasteiger partial charge is 0.349 e.